The van der Waals surface area contributed by atoms with Crippen LogP contribution in [-0.2, 0) is 11.8 Å². The highest BCUT2D eigenvalue weighted by Crippen LogP contribution is 2.56. The second kappa shape index (κ2) is 5.77. The van der Waals surface area contributed by atoms with Gasteiger partial charge in [-0.2, -0.15) is 0 Å². The number of nitrogens with one attached hydrogen (secondary N) is 1. The molecular weight excluding hydrogens is 326 g/mol. The van der Waals surface area contributed by atoms with Gasteiger partial charge in [0.15, 0.2) is 0 Å². The van der Waals surface area contributed by atoms with Crippen LogP contribution < -0.4 is 5.32 Å². The van der Waals surface area contributed by atoms with Crippen molar-refractivity contribution in [3.8, 4) is 0 Å². The average molecular weight is 352 g/mol. The first-order valence-corrected chi connectivity index (χ1v) is 10.2. The molecule has 0 aromatic heterocycles. The molecule has 2 heteroatoms. The van der Waals surface area contributed by atoms with E-state index in [2.05, 4.69) is 48.6 Å². The maximum absolute atomic E-state index is 6.41. The van der Waals surface area contributed by atoms with Crippen LogP contribution in [0.5, 0.6) is 0 Å². The Balaban J connectivity index is 1.68. The zero-order valence-corrected chi connectivity index (χ0v) is 15.7. The monoisotopic (exact) mass is 351 g/mol. The Morgan fingerprint density at radius 3 is 2.64 bits per heavy atom. The van der Waals surface area contributed by atoms with Crippen molar-refractivity contribution in [2.75, 3.05) is 5.32 Å². The summed E-state index contributed by atoms with van der Waals surface area (Å²) in [6, 6.07) is 16.1. The molecule has 0 unspecified atom stereocenters. The topological polar surface area (TPSA) is 12.0 Å². The fourth-order valence-corrected chi connectivity index (χ4v) is 6.14. The predicted molar refractivity (Wildman–Crippen MR) is 106 cm³/mol. The summed E-state index contributed by atoms with van der Waals surface area (Å²) in [6.07, 6.45) is 8.15. The fourth-order valence-electron chi connectivity index (χ4n) is 5.97. The minimum Gasteiger partial charge on any atom is -0.381 e. The molecule has 0 amide bonds. The van der Waals surface area contributed by atoms with Crippen molar-refractivity contribution < 1.29 is 0 Å². The molecule has 5 rings (SSSR count). The molecule has 2 aliphatic carbocycles. The fraction of sp³-hybridized carbons (Fsp3) is 0.478. The van der Waals surface area contributed by atoms with E-state index in [4.69, 9.17) is 11.6 Å². The van der Waals surface area contributed by atoms with Gasteiger partial charge in [0.05, 0.1) is 0 Å². The van der Waals surface area contributed by atoms with Gasteiger partial charge in [-0.25, -0.2) is 0 Å². The van der Waals surface area contributed by atoms with Gasteiger partial charge in [-0.3, -0.25) is 0 Å². The molecule has 2 aromatic carbocycles. The van der Waals surface area contributed by atoms with Gasteiger partial charge in [-0.1, -0.05) is 62.1 Å². The summed E-state index contributed by atoms with van der Waals surface area (Å²) in [5.41, 5.74) is 5.82. The van der Waals surface area contributed by atoms with Gasteiger partial charge in [0, 0.05) is 22.2 Å². The second-order valence-electron chi connectivity index (χ2n) is 8.43. The van der Waals surface area contributed by atoms with Crippen LogP contribution in [0, 0.1) is 11.8 Å². The van der Waals surface area contributed by atoms with Crippen molar-refractivity contribution in [2.24, 2.45) is 11.8 Å². The first-order chi connectivity index (χ1) is 12.2. The molecule has 0 saturated heterocycles. The Bertz CT molecular complexity index is 807. The van der Waals surface area contributed by atoms with Gasteiger partial charge in [0.1, 0.15) is 0 Å². The van der Waals surface area contributed by atoms with Crippen LogP contribution in [0.2, 0.25) is 5.02 Å². The minimum absolute atomic E-state index is 0.0736. The average Bonchev–Trinajstić information content (AvgIpc) is 2.96. The summed E-state index contributed by atoms with van der Waals surface area (Å²) in [6.45, 7) is 2.47. The lowest BCUT2D eigenvalue weighted by atomic mass is 9.62. The van der Waals surface area contributed by atoms with Gasteiger partial charge < -0.3 is 5.32 Å². The lowest BCUT2D eigenvalue weighted by Gasteiger charge is -2.48. The SMILES string of the molecule is C[C@@]12c3ccccc3C[C@@H]1[C@H](C1CCCCC1)Nc1ccc(Cl)cc12. The van der Waals surface area contributed by atoms with Gasteiger partial charge in [0.2, 0.25) is 0 Å². The Morgan fingerprint density at radius 1 is 1.00 bits per heavy atom. The minimum atomic E-state index is 0.0736. The zero-order chi connectivity index (χ0) is 17.0. The van der Waals surface area contributed by atoms with E-state index in [1.54, 1.807) is 0 Å². The number of hydrogen-bond acceptors (Lipinski definition) is 1. The first-order valence-electron chi connectivity index (χ1n) is 9.83. The number of fused-ring (bicyclic) bond motifs is 5. The molecule has 25 heavy (non-hydrogen) atoms. The number of hydrogen-bond donors (Lipinski definition) is 1. The van der Waals surface area contributed by atoms with Crippen LogP contribution in [-0.4, -0.2) is 6.04 Å². The summed E-state index contributed by atoms with van der Waals surface area (Å²) in [4.78, 5) is 0. The maximum Gasteiger partial charge on any atom is 0.0410 e. The summed E-state index contributed by atoms with van der Waals surface area (Å²) in [5, 5.41) is 4.81. The summed E-state index contributed by atoms with van der Waals surface area (Å²) >= 11 is 6.41. The quantitative estimate of drug-likeness (QED) is 0.645. The summed E-state index contributed by atoms with van der Waals surface area (Å²) in [7, 11) is 0. The lowest BCUT2D eigenvalue weighted by Crippen LogP contribution is -2.50. The van der Waals surface area contributed by atoms with E-state index >= 15 is 0 Å². The van der Waals surface area contributed by atoms with Crippen molar-refractivity contribution in [1.82, 2.24) is 0 Å². The molecule has 1 aliphatic heterocycles. The number of anilines is 1. The van der Waals surface area contributed by atoms with Crippen LogP contribution in [0.4, 0.5) is 5.69 Å². The number of halogens is 1. The third kappa shape index (κ3) is 2.28. The summed E-state index contributed by atoms with van der Waals surface area (Å²) < 4.78 is 0. The van der Waals surface area contributed by atoms with Crippen LogP contribution in [0.15, 0.2) is 42.5 Å². The molecule has 3 atom stereocenters. The second-order valence-corrected chi connectivity index (χ2v) is 8.86. The first kappa shape index (κ1) is 15.8. The van der Waals surface area contributed by atoms with Crippen molar-refractivity contribution in [3.63, 3.8) is 0 Å². The molecular formula is C23H26ClN. The van der Waals surface area contributed by atoms with E-state index in [1.165, 1.54) is 60.9 Å². The molecule has 3 aliphatic rings. The van der Waals surface area contributed by atoms with Crippen molar-refractivity contribution in [1.29, 1.82) is 0 Å². The van der Waals surface area contributed by atoms with E-state index in [0.717, 1.165) is 10.9 Å². The molecule has 1 heterocycles. The Labute approximate surface area is 155 Å². The Kier molecular flexibility index (Phi) is 3.64. The van der Waals surface area contributed by atoms with Crippen molar-refractivity contribution >= 4 is 17.3 Å². The normalized spacial score (nSPS) is 31.0. The highest BCUT2D eigenvalue weighted by molar-refractivity contribution is 6.30. The van der Waals surface area contributed by atoms with Crippen LogP contribution in [0.25, 0.3) is 0 Å². The van der Waals surface area contributed by atoms with Crippen LogP contribution in [0.3, 0.4) is 0 Å². The number of benzene rings is 2. The van der Waals surface area contributed by atoms with E-state index in [9.17, 15) is 0 Å². The van der Waals surface area contributed by atoms with Gasteiger partial charge in [-0.05, 0) is 66.0 Å². The molecule has 0 radical (unpaired) electrons. The van der Waals surface area contributed by atoms with Gasteiger partial charge in [-0.15, -0.1) is 0 Å². The molecule has 2 aromatic rings. The molecule has 1 fully saturated rings. The molecule has 1 saturated carbocycles. The molecule has 1 nitrogen and oxygen atoms in total. The largest absolute Gasteiger partial charge is 0.381 e. The van der Waals surface area contributed by atoms with E-state index in [1.807, 2.05) is 6.07 Å². The van der Waals surface area contributed by atoms with Crippen LogP contribution in [0.1, 0.15) is 55.7 Å². The smallest absolute Gasteiger partial charge is 0.0410 e. The third-order valence-corrected chi connectivity index (χ3v) is 7.45. The van der Waals surface area contributed by atoms with E-state index in [0.29, 0.717) is 12.0 Å². The third-order valence-electron chi connectivity index (χ3n) is 7.21. The molecule has 0 bridgehead atoms. The molecule has 1 N–H and O–H groups in total. The highest BCUT2D eigenvalue weighted by Gasteiger charge is 2.52. The van der Waals surface area contributed by atoms with Gasteiger partial charge in [0.25, 0.3) is 0 Å². The Morgan fingerprint density at radius 2 is 1.80 bits per heavy atom. The standard InChI is InChI=1S/C23H26ClN/c1-23-18-10-6-5-9-16(18)13-20(23)22(15-7-3-2-4-8-15)25-21-12-11-17(24)14-19(21)23/h5-6,9-12,14-15,20,22,25H,2-4,7-8,13H2,1H3/t20-,22+,23+/m1/s1. The maximum atomic E-state index is 6.41. The van der Waals surface area contributed by atoms with Crippen LogP contribution >= 0.6 is 11.6 Å². The Hall–Kier alpha value is -1.47. The van der Waals surface area contributed by atoms with E-state index < -0.39 is 0 Å². The van der Waals surface area contributed by atoms with Crippen molar-refractivity contribution in [2.45, 2.75) is 56.9 Å². The zero-order valence-electron chi connectivity index (χ0n) is 14.9. The number of rotatable bonds is 1. The summed E-state index contributed by atoms with van der Waals surface area (Å²) in [5.74, 6) is 1.43. The molecule has 130 valence electrons. The predicted octanol–water partition coefficient (Wildman–Crippen LogP) is 6.19. The van der Waals surface area contributed by atoms with Gasteiger partial charge >= 0.3 is 0 Å². The van der Waals surface area contributed by atoms with Crippen molar-refractivity contribution in [3.05, 3.63) is 64.2 Å². The van der Waals surface area contributed by atoms with E-state index in [-0.39, 0.29) is 5.41 Å². The highest BCUT2D eigenvalue weighted by atomic mass is 35.5. The lowest BCUT2D eigenvalue weighted by molar-refractivity contribution is 0.211. The molecule has 0 spiro atoms.